The van der Waals surface area contributed by atoms with E-state index in [9.17, 15) is 4.79 Å². The number of hydrogen-bond acceptors (Lipinski definition) is 5. The summed E-state index contributed by atoms with van der Waals surface area (Å²) in [5.74, 6) is 2.47. The fraction of sp³-hybridized carbons (Fsp3) is 0.750. The Kier molecular flexibility index (Phi) is 11.0. The van der Waals surface area contributed by atoms with E-state index < -0.39 is 0 Å². The molecule has 4 unspecified atom stereocenters. The van der Waals surface area contributed by atoms with E-state index in [1.807, 2.05) is 11.1 Å². The molecular formula is C28H48BrN6O+. The minimum Gasteiger partial charge on any atom is -0.369 e. The lowest BCUT2D eigenvalue weighted by Gasteiger charge is -2.49. The van der Waals surface area contributed by atoms with Crippen LogP contribution in [0.1, 0.15) is 85.5 Å². The van der Waals surface area contributed by atoms with Gasteiger partial charge in [-0.2, -0.15) is 4.98 Å². The van der Waals surface area contributed by atoms with Crippen LogP contribution in [0.25, 0.3) is 0 Å². The minimum atomic E-state index is 0.293. The zero-order valence-electron chi connectivity index (χ0n) is 23.2. The number of likely N-dealkylation sites (N-methyl/N-ethyl adjacent to an activating group) is 1. The maximum Gasteiger partial charge on any atom is 0.229 e. The highest BCUT2D eigenvalue weighted by molar-refractivity contribution is 9.10. The van der Waals surface area contributed by atoms with Crippen LogP contribution in [-0.4, -0.2) is 70.6 Å². The summed E-state index contributed by atoms with van der Waals surface area (Å²) in [6.45, 7) is 13.0. The summed E-state index contributed by atoms with van der Waals surface area (Å²) >= 11 is 3.59. The van der Waals surface area contributed by atoms with Crippen LogP contribution < -0.4 is 10.6 Å². The molecule has 0 bridgehead atoms. The third kappa shape index (κ3) is 7.44. The fourth-order valence-corrected chi connectivity index (χ4v) is 6.04. The average Bonchev–Trinajstić information content (AvgIpc) is 2.87. The molecule has 36 heavy (non-hydrogen) atoms. The molecule has 1 fully saturated rings. The Morgan fingerprint density at radius 3 is 2.83 bits per heavy atom. The van der Waals surface area contributed by atoms with Gasteiger partial charge >= 0.3 is 0 Å². The van der Waals surface area contributed by atoms with Crippen LogP contribution in [0.2, 0.25) is 0 Å². The van der Waals surface area contributed by atoms with Crippen molar-refractivity contribution in [1.82, 2.24) is 14.9 Å². The lowest BCUT2D eigenvalue weighted by molar-refractivity contribution is -0.952. The number of amides is 1. The summed E-state index contributed by atoms with van der Waals surface area (Å²) in [4.78, 5) is 23.4. The van der Waals surface area contributed by atoms with E-state index in [2.05, 4.69) is 72.4 Å². The third-order valence-corrected chi connectivity index (χ3v) is 9.04. The van der Waals surface area contributed by atoms with Crippen LogP contribution in [0.4, 0.5) is 11.8 Å². The lowest BCUT2D eigenvalue weighted by Crippen LogP contribution is -2.61. The molecule has 8 heteroatoms. The van der Waals surface area contributed by atoms with Crippen LogP contribution in [0.3, 0.4) is 0 Å². The molecule has 1 saturated heterocycles. The molecule has 1 amide bonds. The first-order valence-electron chi connectivity index (χ1n) is 14.1. The van der Waals surface area contributed by atoms with Crippen LogP contribution in [-0.2, 0) is 4.79 Å². The zero-order chi connectivity index (χ0) is 26.1. The van der Waals surface area contributed by atoms with Crippen molar-refractivity contribution in [3.8, 4) is 0 Å². The Hall–Kier alpha value is -1.67. The molecule has 0 spiro atoms. The molecule has 2 aliphatic rings. The van der Waals surface area contributed by atoms with Gasteiger partial charge in [-0.15, -0.1) is 0 Å². The van der Waals surface area contributed by atoms with Gasteiger partial charge in [-0.25, -0.2) is 4.98 Å². The number of anilines is 2. The predicted molar refractivity (Wildman–Crippen MR) is 153 cm³/mol. The van der Waals surface area contributed by atoms with Crippen molar-refractivity contribution in [1.29, 1.82) is 0 Å². The van der Waals surface area contributed by atoms with E-state index in [0.29, 0.717) is 30.4 Å². The lowest BCUT2D eigenvalue weighted by atomic mass is 9.90. The van der Waals surface area contributed by atoms with Gasteiger partial charge in [0.1, 0.15) is 11.9 Å². The fourth-order valence-electron chi connectivity index (χ4n) is 5.71. The third-order valence-electron chi connectivity index (χ3n) is 8.46. The maximum atomic E-state index is 12.0. The van der Waals surface area contributed by atoms with Crippen molar-refractivity contribution in [2.45, 2.75) is 97.6 Å². The Morgan fingerprint density at radius 1 is 1.31 bits per heavy atom. The van der Waals surface area contributed by atoms with E-state index in [4.69, 9.17) is 4.98 Å². The highest BCUT2D eigenvalue weighted by atomic mass is 79.9. The van der Waals surface area contributed by atoms with Crippen LogP contribution in [0.15, 0.2) is 22.4 Å². The molecule has 0 radical (unpaired) electrons. The summed E-state index contributed by atoms with van der Waals surface area (Å²) in [5, 5.41) is 7.01. The smallest absolute Gasteiger partial charge is 0.229 e. The van der Waals surface area contributed by atoms with Crippen molar-refractivity contribution >= 4 is 33.6 Å². The molecule has 0 aliphatic carbocycles. The number of carbonyl (C=O) groups is 1. The second kappa shape index (κ2) is 13.8. The van der Waals surface area contributed by atoms with E-state index in [-0.39, 0.29) is 0 Å². The monoisotopic (exact) mass is 563 g/mol. The highest BCUT2D eigenvalue weighted by Gasteiger charge is 2.41. The number of quaternary nitrogens is 1. The van der Waals surface area contributed by atoms with Gasteiger partial charge in [0.15, 0.2) is 0 Å². The second-order valence-electron chi connectivity index (χ2n) is 11.0. The number of aromatic nitrogens is 2. The number of carbonyl (C=O) groups excluding carboxylic acids is 1. The van der Waals surface area contributed by atoms with Gasteiger partial charge in [0.05, 0.1) is 29.8 Å². The number of nitrogens with zero attached hydrogens (tertiary/aromatic N) is 4. The molecule has 1 aromatic rings. The molecule has 1 aromatic heterocycles. The Balaban J connectivity index is 1.62. The summed E-state index contributed by atoms with van der Waals surface area (Å²) in [6, 6.07) is 1.03. The normalized spacial score (nSPS) is 24.3. The minimum absolute atomic E-state index is 0.293. The van der Waals surface area contributed by atoms with Crippen LogP contribution in [0, 0.1) is 5.92 Å². The topological polar surface area (TPSA) is 70.2 Å². The van der Waals surface area contributed by atoms with Crippen molar-refractivity contribution in [3.63, 3.8) is 0 Å². The average molecular weight is 565 g/mol. The summed E-state index contributed by atoms with van der Waals surface area (Å²) in [7, 11) is 2.45. The Labute approximate surface area is 227 Å². The zero-order valence-corrected chi connectivity index (χ0v) is 24.7. The molecule has 4 atom stereocenters. The Bertz CT molecular complexity index is 893. The molecule has 0 aromatic carbocycles. The first-order valence-corrected chi connectivity index (χ1v) is 14.9. The molecule has 2 aliphatic heterocycles. The molecule has 0 saturated carbocycles. The Morgan fingerprint density at radius 2 is 2.11 bits per heavy atom. The van der Waals surface area contributed by atoms with Gasteiger partial charge < -0.3 is 20.0 Å². The first-order chi connectivity index (χ1) is 17.3. The van der Waals surface area contributed by atoms with Gasteiger partial charge in [-0.3, -0.25) is 4.79 Å². The van der Waals surface area contributed by atoms with E-state index in [1.165, 1.54) is 37.9 Å². The summed E-state index contributed by atoms with van der Waals surface area (Å²) < 4.78 is 1.93. The van der Waals surface area contributed by atoms with Gasteiger partial charge in [0, 0.05) is 45.1 Å². The molecule has 2 N–H and O–H groups in total. The number of rotatable bonds is 13. The summed E-state index contributed by atoms with van der Waals surface area (Å²) in [6.07, 6.45) is 14.0. The van der Waals surface area contributed by atoms with Crippen molar-refractivity contribution in [2.24, 2.45) is 5.92 Å². The van der Waals surface area contributed by atoms with Crippen LogP contribution in [0.5, 0.6) is 0 Å². The van der Waals surface area contributed by atoms with E-state index in [0.717, 1.165) is 66.0 Å². The van der Waals surface area contributed by atoms with Gasteiger partial charge in [-0.05, 0) is 54.5 Å². The van der Waals surface area contributed by atoms with E-state index >= 15 is 0 Å². The van der Waals surface area contributed by atoms with Gasteiger partial charge in [0.25, 0.3) is 0 Å². The van der Waals surface area contributed by atoms with Crippen molar-refractivity contribution in [2.75, 3.05) is 43.9 Å². The van der Waals surface area contributed by atoms with Gasteiger partial charge in [-0.1, -0.05) is 39.7 Å². The number of likely N-dealkylation sites (tertiary alicyclic amines) is 1. The molecule has 3 rings (SSSR count). The highest BCUT2D eigenvalue weighted by Crippen LogP contribution is 2.33. The van der Waals surface area contributed by atoms with Gasteiger partial charge in [0.2, 0.25) is 11.9 Å². The number of hydrogen-bond donors (Lipinski definition) is 2. The predicted octanol–water partition coefficient (Wildman–Crippen LogP) is 6.19. The number of nitrogens with one attached hydrogen (secondary N) is 2. The maximum absolute atomic E-state index is 12.0. The molecule has 7 nitrogen and oxygen atoms in total. The molecule has 3 heterocycles. The largest absolute Gasteiger partial charge is 0.369 e. The number of piperidine rings is 1. The number of halogens is 1. The SMILES string of the molecule is CCCC(CC(C)CC)[N+]1(C)CCC=C(Nc2ncc(Br)c(NCCCN3CCCCC3=O)n2)C1C. The first kappa shape index (κ1) is 28.9. The standard InChI is InChI=1S/C28H48BrN6O/c1-6-12-23(19-21(3)7-2)35(5)18-10-13-25(22(35)4)32-28-31-20-24(29)27(33-28)30-15-11-17-34-16-9-8-14-26(34)36/h13,20-23H,6-12,14-19H2,1-5H3,(H2,30,31,32,33)/q+1. The molecule has 202 valence electrons. The van der Waals surface area contributed by atoms with Crippen molar-refractivity contribution < 1.29 is 9.28 Å². The van der Waals surface area contributed by atoms with E-state index in [1.54, 1.807) is 0 Å². The quantitative estimate of drug-likeness (QED) is 0.221. The molecular weight excluding hydrogens is 516 g/mol. The second-order valence-corrected chi connectivity index (χ2v) is 11.9. The van der Waals surface area contributed by atoms with Crippen LogP contribution >= 0.6 is 15.9 Å². The summed E-state index contributed by atoms with van der Waals surface area (Å²) in [5.41, 5.74) is 1.23. The van der Waals surface area contributed by atoms with Crippen molar-refractivity contribution in [3.05, 3.63) is 22.4 Å².